The number of aromatic nitrogens is 1. The molecular weight excluding hydrogens is 420 g/mol. The Bertz CT molecular complexity index is 1210. The third kappa shape index (κ3) is 5.42. The molecule has 176 valence electrons. The number of rotatable bonds is 6. The van der Waals surface area contributed by atoms with Crippen LogP contribution in [0.4, 0.5) is 0 Å². The molecule has 33 heavy (non-hydrogen) atoms. The van der Waals surface area contributed by atoms with Gasteiger partial charge < -0.3 is 19.3 Å². The molecule has 0 aliphatic carbocycles. The summed E-state index contributed by atoms with van der Waals surface area (Å²) in [6, 6.07) is 7.99. The second-order valence-corrected chi connectivity index (χ2v) is 9.65. The van der Waals surface area contributed by atoms with Crippen LogP contribution in [0, 0.1) is 26.2 Å². The molecule has 0 saturated carbocycles. The van der Waals surface area contributed by atoms with E-state index in [0.717, 1.165) is 34.4 Å². The van der Waals surface area contributed by atoms with Crippen LogP contribution in [-0.2, 0) is 17.8 Å². The van der Waals surface area contributed by atoms with Crippen LogP contribution in [0.25, 0.3) is 11.1 Å². The van der Waals surface area contributed by atoms with Gasteiger partial charge in [0, 0.05) is 17.8 Å². The molecule has 1 unspecified atom stereocenters. The summed E-state index contributed by atoms with van der Waals surface area (Å²) < 4.78 is 15.9. The van der Waals surface area contributed by atoms with Crippen LogP contribution >= 0.6 is 0 Å². The van der Waals surface area contributed by atoms with E-state index in [1.807, 2.05) is 38.1 Å². The summed E-state index contributed by atoms with van der Waals surface area (Å²) in [7, 11) is 0. The average molecular weight is 453 g/mol. The lowest BCUT2D eigenvalue weighted by Crippen LogP contribution is -2.20. The second-order valence-electron chi connectivity index (χ2n) is 9.65. The molecule has 7 heteroatoms. The van der Waals surface area contributed by atoms with E-state index in [4.69, 9.17) is 24.3 Å². The maximum Gasteiger partial charge on any atom is 0.519 e. The number of nitrogens with two attached hydrogens (primary N) is 1. The smallest absolute Gasteiger partial charge is 0.423 e. The van der Waals surface area contributed by atoms with Crippen LogP contribution < -0.4 is 16.3 Å². The lowest BCUT2D eigenvalue weighted by Gasteiger charge is -2.24. The van der Waals surface area contributed by atoms with Crippen molar-refractivity contribution in [2.45, 2.75) is 67.3 Å². The zero-order chi connectivity index (χ0) is 24.5. The fraction of sp³-hybridized carbons (Fsp3) is 0.423. The van der Waals surface area contributed by atoms with Gasteiger partial charge in [-0.1, -0.05) is 50.6 Å². The van der Waals surface area contributed by atoms with E-state index in [2.05, 4.69) is 20.8 Å². The molecule has 2 heterocycles. The molecule has 2 N–H and O–H groups in total. The number of ether oxygens (including phenoxy) is 1. The first-order valence-corrected chi connectivity index (χ1v) is 11.0. The Kier molecular flexibility index (Phi) is 6.93. The quantitative estimate of drug-likeness (QED) is 0.526. The van der Waals surface area contributed by atoms with Crippen molar-refractivity contribution in [1.82, 2.24) is 4.98 Å². The number of aryl methyl sites for hydroxylation is 3. The van der Waals surface area contributed by atoms with Gasteiger partial charge in [-0.2, -0.15) is 0 Å². The van der Waals surface area contributed by atoms with E-state index in [0.29, 0.717) is 11.4 Å². The summed E-state index contributed by atoms with van der Waals surface area (Å²) in [5, 5.41) is 0. The van der Waals surface area contributed by atoms with E-state index in [9.17, 15) is 9.59 Å². The van der Waals surface area contributed by atoms with E-state index in [1.54, 1.807) is 13.8 Å². The minimum atomic E-state index is -0.850. The lowest BCUT2D eigenvalue weighted by atomic mass is 9.86. The predicted molar refractivity (Wildman–Crippen MR) is 126 cm³/mol. The summed E-state index contributed by atoms with van der Waals surface area (Å²) in [6.07, 6.45) is 0.725. The van der Waals surface area contributed by atoms with Crippen LogP contribution in [0.1, 0.15) is 67.6 Å². The molecule has 0 radical (unpaired) electrons. The van der Waals surface area contributed by atoms with Gasteiger partial charge in [0.25, 0.3) is 0 Å². The minimum absolute atomic E-state index is 0.00301. The first kappa shape index (κ1) is 24.5. The number of esters is 1. The van der Waals surface area contributed by atoms with E-state index < -0.39 is 17.7 Å². The Morgan fingerprint density at radius 2 is 1.76 bits per heavy atom. The summed E-state index contributed by atoms with van der Waals surface area (Å²) in [4.78, 5) is 29.3. The Morgan fingerprint density at radius 3 is 2.27 bits per heavy atom. The van der Waals surface area contributed by atoms with Crippen molar-refractivity contribution >= 4 is 5.97 Å². The van der Waals surface area contributed by atoms with Crippen molar-refractivity contribution in [2.75, 3.05) is 0 Å². The van der Waals surface area contributed by atoms with Gasteiger partial charge in [0.15, 0.2) is 11.5 Å². The van der Waals surface area contributed by atoms with Crippen molar-refractivity contribution in [3.05, 3.63) is 68.9 Å². The Balaban J connectivity index is 2.15. The van der Waals surface area contributed by atoms with Gasteiger partial charge in [0.1, 0.15) is 11.7 Å². The second kappa shape index (κ2) is 9.35. The summed E-state index contributed by atoms with van der Waals surface area (Å²) in [5.74, 6) is -1.50. The number of pyridine rings is 1. The molecule has 3 aromatic rings. The summed E-state index contributed by atoms with van der Waals surface area (Å²) >= 11 is 0. The van der Waals surface area contributed by atoms with Gasteiger partial charge in [-0.15, -0.1) is 0 Å². The van der Waals surface area contributed by atoms with Gasteiger partial charge in [-0.25, -0.2) is 4.79 Å². The zero-order valence-electron chi connectivity index (χ0n) is 20.4. The highest BCUT2D eigenvalue weighted by Gasteiger charge is 2.29. The van der Waals surface area contributed by atoms with Crippen molar-refractivity contribution in [2.24, 2.45) is 11.1 Å². The Morgan fingerprint density at radius 1 is 1.12 bits per heavy atom. The molecule has 0 amide bonds. The lowest BCUT2D eigenvalue weighted by molar-refractivity contribution is -0.136. The van der Waals surface area contributed by atoms with Gasteiger partial charge in [-0.05, 0) is 50.7 Å². The van der Waals surface area contributed by atoms with Crippen LogP contribution in [0.5, 0.6) is 5.75 Å². The summed E-state index contributed by atoms with van der Waals surface area (Å²) in [5.41, 5.74) is 11.3. The number of hydrogen-bond donors (Lipinski definition) is 1. The molecular formula is C26H32N2O5. The standard InChI is InChI=1S/C26H32N2O5/c1-14-8-10-18(11-9-14)21-19(13-27)20(12-26(5,6)7)28-16(3)23(21)32-24(29)15(2)22-17(4)31-25(30)33-22/h8-11,15H,12-13,27H2,1-7H3. The number of carbonyl (C=O) groups is 1. The highest BCUT2D eigenvalue weighted by atomic mass is 16.6. The first-order valence-electron chi connectivity index (χ1n) is 11.0. The molecule has 0 spiro atoms. The van der Waals surface area contributed by atoms with Crippen molar-refractivity contribution in [3.8, 4) is 16.9 Å². The fourth-order valence-corrected chi connectivity index (χ4v) is 3.85. The number of carbonyl (C=O) groups excluding carboxylic acids is 1. The molecule has 0 aliphatic rings. The molecule has 2 aromatic heterocycles. The topological polar surface area (TPSA) is 109 Å². The van der Waals surface area contributed by atoms with Crippen LogP contribution in [0.3, 0.4) is 0 Å². The van der Waals surface area contributed by atoms with Crippen LogP contribution in [-0.4, -0.2) is 11.0 Å². The first-order chi connectivity index (χ1) is 15.4. The molecule has 0 saturated heterocycles. The molecule has 7 nitrogen and oxygen atoms in total. The highest BCUT2D eigenvalue weighted by Crippen LogP contribution is 2.39. The molecule has 1 aromatic carbocycles. The van der Waals surface area contributed by atoms with E-state index in [-0.39, 0.29) is 23.5 Å². The molecule has 0 fully saturated rings. The molecule has 3 rings (SSSR count). The van der Waals surface area contributed by atoms with Gasteiger partial charge in [0.05, 0.1) is 5.69 Å². The number of nitrogens with zero attached hydrogens (tertiary/aromatic N) is 1. The highest BCUT2D eigenvalue weighted by molar-refractivity contribution is 5.84. The normalized spacial score (nSPS) is 12.6. The largest absolute Gasteiger partial charge is 0.519 e. The van der Waals surface area contributed by atoms with Gasteiger partial charge in [-0.3, -0.25) is 9.78 Å². The third-order valence-corrected chi connectivity index (χ3v) is 5.48. The molecule has 1 atom stereocenters. The van der Waals surface area contributed by atoms with Crippen LogP contribution in [0.2, 0.25) is 0 Å². The minimum Gasteiger partial charge on any atom is -0.423 e. The zero-order valence-corrected chi connectivity index (χ0v) is 20.4. The fourth-order valence-electron chi connectivity index (χ4n) is 3.85. The number of benzene rings is 1. The Labute approximate surface area is 194 Å². The van der Waals surface area contributed by atoms with Crippen molar-refractivity contribution in [1.29, 1.82) is 0 Å². The van der Waals surface area contributed by atoms with Crippen LogP contribution in [0.15, 0.2) is 37.9 Å². The Hall–Kier alpha value is -3.19. The monoisotopic (exact) mass is 452 g/mol. The molecule has 0 bridgehead atoms. The van der Waals surface area contributed by atoms with E-state index >= 15 is 0 Å². The SMILES string of the molecule is Cc1ccc(-c2c(CN)c(CC(C)(C)C)nc(C)c2OC(=O)C(C)c2oc(=O)oc2C)cc1. The predicted octanol–water partition coefficient (Wildman–Crippen LogP) is 4.98. The third-order valence-electron chi connectivity index (χ3n) is 5.48. The summed E-state index contributed by atoms with van der Waals surface area (Å²) in [6.45, 7) is 13.7. The molecule has 0 aliphatic heterocycles. The maximum atomic E-state index is 13.1. The van der Waals surface area contributed by atoms with Crippen molar-refractivity contribution in [3.63, 3.8) is 0 Å². The van der Waals surface area contributed by atoms with Crippen molar-refractivity contribution < 1.29 is 18.4 Å². The van der Waals surface area contributed by atoms with Gasteiger partial charge in [0.2, 0.25) is 0 Å². The number of hydrogen-bond acceptors (Lipinski definition) is 7. The maximum absolute atomic E-state index is 13.1. The van der Waals surface area contributed by atoms with Gasteiger partial charge >= 0.3 is 11.8 Å². The average Bonchev–Trinajstić information content (AvgIpc) is 3.06. The van der Waals surface area contributed by atoms with E-state index in [1.165, 1.54) is 0 Å².